The second-order valence-corrected chi connectivity index (χ2v) is 4.33. The molecular weight excluding hydrogens is 214 g/mol. The number of thiazole rings is 1. The summed E-state index contributed by atoms with van der Waals surface area (Å²) >= 11 is 5.79. The monoisotopic (exact) mass is 225 g/mol. The molecule has 2 aromatic rings. The van der Waals surface area contributed by atoms with Crippen LogP contribution >= 0.6 is 24.0 Å². The smallest absolute Gasteiger partial charge is 0.162 e. The average Bonchev–Trinajstić information content (AvgIpc) is 2.74. The molecule has 2 nitrogen and oxygen atoms in total. The van der Waals surface area contributed by atoms with Crippen LogP contribution < -0.4 is 0 Å². The first kappa shape index (κ1) is 9.80. The van der Waals surface area contributed by atoms with Gasteiger partial charge in [-0.05, 0) is 31.2 Å². The van der Waals surface area contributed by atoms with Crippen LogP contribution in [0, 0.1) is 6.92 Å². The first-order valence-electron chi connectivity index (χ1n) is 4.41. The van der Waals surface area contributed by atoms with E-state index in [0.717, 1.165) is 34.4 Å². The van der Waals surface area contributed by atoms with E-state index < -0.39 is 0 Å². The molecule has 0 N–H and O–H groups in total. The van der Waals surface area contributed by atoms with Gasteiger partial charge in [-0.25, -0.2) is 4.98 Å². The second kappa shape index (κ2) is 4.19. The minimum absolute atomic E-state index is 0.834. The number of rotatable bonds is 3. The molecule has 74 valence electrons. The fraction of sp³-hybridized carbons (Fsp3) is 0.300. The Hall–Kier alpha value is -0.740. The van der Waals surface area contributed by atoms with Gasteiger partial charge >= 0.3 is 0 Å². The van der Waals surface area contributed by atoms with Crippen LogP contribution in [0.5, 0.6) is 0 Å². The van der Waals surface area contributed by atoms with Crippen molar-refractivity contribution in [1.29, 1.82) is 0 Å². The molecular formula is C10H11NOS2. The van der Waals surface area contributed by atoms with Crippen LogP contribution in [0.25, 0.3) is 10.8 Å². The van der Waals surface area contributed by atoms with Gasteiger partial charge in [-0.2, -0.15) is 12.6 Å². The topological polar surface area (TPSA) is 26.0 Å². The highest BCUT2D eigenvalue weighted by atomic mass is 32.1. The average molecular weight is 225 g/mol. The zero-order valence-electron chi connectivity index (χ0n) is 7.86. The summed E-state index contributed by atoms with van der Waals surface area (Å²) in [4.78, 5) is 4.46. The molecule has 0 atom stereocenters. The predicted octanol–water partition coefficient (Wildman–Crippen LogP) is 3.18. The highest BCUT2D eigenvalue weighted by molar-refractivity contribution is 7.80. The fourth-order valence-corrected chi connectivity index (χ4v) is 2.24. The van der Waals surface area contributed by atoms with Crippen molar-refractivity contribution in [1.82, 2.24) is 4.98 Å². The van der Waals surface area contributed by atoms with E-state index in [-0.39, 0.29) is 0 Å². The maximum absolute atomic E-state index is 5.49. The largest absolute Gasteiger partial charge is 0.459 e. The Morgan fingerprint density at radius 1 is 1.50 bits per heavy atom. The lowest BCUT2D eigenvalue weighted by Gasteiger charge is -1.89. The van der Waals surface area contributed by atoms with E-state index >= 15 is 0 Å². The Balaban J connectivity index is 2.24. The first-order chi connectivity index (χ1) is 6.79. The molecule has 0 bridgehead atoms. The van der Waals surface area contributed by atoms with Crippen molar-refractivity contribution in [2.75, 3.05) is 5.75 Å². The van der Waals surface area contributed by atoms with E-state index in [9.17, 15) is 0 Å². The summed E-state index contributed by atoms with van der Waals surface area (Å²) in [6.45, 7) is 1.94. The van der Waals surface area contributed by atoms with E-state index in [2.05, 4.69) is 23.0 Å². The van der Waals surface area contributed by atoms with Gasteiger partial charge in [0.2, 0.25) is 0 Å². The number of aromatic nitrogens is 1. The van der Waals surface area contributed by atoms with Crippen molar-refractivity contribution in [3.63, 3.8) is 0 Å². The van der Waals surface area contributed by atoms with Gasteiger partial charge in [0.1, 0.15) is 5.76 Å². The Kier molecular flexibility index (Phi) is 2.93. The van der Waals surface area contributed by atoms with Crippen LogP contribution in [0.4, 0.5) is 0 Å². The third-order valence-corrected chi connectivity index (χ3v) is 3.00. The molecule has 2 aromatic heterocycles. The standard InChI is InChI=1S/C10H11NOS2/c1-7-2-3-9(12-7)10-11-8(4-5-13)6-14-10/h2-3,6,13H,4-5H2,1H3. The molecule has 0 saturated heterocycles. The van der Waals surface area contributed by atoms with Gasteiger partial charge < -0.3 is 4.42 Å². The van der Waals surface area contributed by atoms with Crippen molar-refractivity contribution in [2.24, 2.45) is 0 Å². The van der Waals surface area contributed by atoms with E-state index in [1.54, 1.807) is 11.3 Å². The first-order valence-corrected chi connectivity index (χ1v) is 5.93. The zero-order valence-corrected chi connectivity index (χ0v) is 9.57. The lowest BCUT2D eigenvalue weighted by molar-refractivity contribution is 0.548. The van der Waals surface area contributed by atoms with Crippen molar-refractivity contribution >= 4 is 24.0 Å². The van der Waals surface area contributed by atoms with Gasteiger partial charge in [-0.15, -0.1) is 11.3 Å². The van der Waals surface area contributed by atoms with Gasteiger partial charge in [-0.3, -0.25) is 0 Å². The van der Waals surface area contributed by atoms with Crippen molar-refractivity contribution in [3.8, 4) is 10.8 Å². The number of hydrogen-bond donors (Lipinski definition) is 1. The summed E-state index contributed by atoms with van der Waals surface area (Å²) < 4.78 is 5.49. The maximum Gasteiger partial charge on any atom is 0.162 e. The Morgan fingerprint density at radius 3 is 3.00 bits per heavy atom. The van der Waals surface area contributed by atoms with Gasteiger partial charge in [0.25, 0.3) is 0 Å². The molecule has 0 radical (unpaired) electrons. The third-order valence-electron chi connectivity index (χ3n) is 1.87. The second-order valence-electron chi connectivity index (χ2n) is 3.03. The van der Waals surface area contributed by atoms with Crippen LogP contribution in [0.1, 0.15) is 11.5 Å². The number of thiol groups is 1. The lowest BCUT2D eigenvalue weighted by Crippen LogP contribution is -1.85. The molecule has 2 heterocycles. The summed E-state index contributed by atoms with van der Waals surface area (Å²) in [6, 6.07) is 3.91. The minimum Gasteiger partial charge on any atom is -0.459 e. The Labute approximate surface area is 92.4 Å². The van der Waals surface area contributed by atoms with Crippen LogP contribution in [0.15, 0.2) is 21.9 Å². The molecule has 0 aliphatic carbocycles. The zero-order chi connectivity index (χ0) is 9.97. The summed E-state index contributed by atoms with van der Waals surface area (Å²) in [7, 11) is 0. The Morgan fingerprint density at radius 2 is 2.36 bits per heavy atom. The molecule has 0 saturated carbocycles. The molecule has 0 aliphatic heterocycles. The molecule has 14 heavy (non-hydrogen) atoms. The number of furan rings is 1. The molecule has 4 heteroatoms. The van der Waals surface area contributed by atoms with Crippen molar-refractivity contribution in [3.05, 3.63) is 29.0 Å². The van der Waals surface area contributed by atoms with Crippen LogP contribution in [-0.4, -0.2) is 10.7 Å². The fourth-order valence-electron chi connectivity index (χ4n) is 1.20. The van der Waals surface area contributed by atoms with Gasteiger partial charge in [0.05, 0.1) is 5.69 Å². The quantitative estimate of drug-likeness (QED) is 0.812. The van der Waals surface area contributed by atoms with Crippen LogP contribution in [-0.2, 0) is 6.42 Å². The summed E-state index contributed by atoms with van der Waals surface area (Å²) in [5.41, 5.74) is 1.09. The summed E-state index contributed by atoms with van der Waals surface area (Å²) in [5, 5.41) is 3.01. The van der Waals surface area contributed by atoms with Crippen molar-refractivity contribution < 1.29 is 4.42 Å². The number of nitrogens with zero attached hydrogens (tertiary/aromatic N) is 1. The highest BCUT2D eigenvalue weighted by Gasteiger charge is 2.07. The van der Waals surface area contributed by atoms with Gasteiger partial charge in [-0.1, -0.05) is 0 Å². The van der Waals surface area contributed by atoms with Gasteiger partial charge in [0, 0.05) is 5.38 Å². The molecule has 0 aliphatic rings. The van der Waals surface area contributed by atoms with E-state index in [0.29, 0.717) is 0 Å². The van der Waals surface area contributed by atoms with E-state index in [4.69, 9.17) is 4.42 Å². The van der Waals surface area contributed by atoms with Crippen LogP contribution in [0.2, 0.25) is 0 Å². The predicted molar refractivity (Wildman–Crippen MR) is 62.1 cm³/mol. The molecule has 2 rings (SSSR count). The number of aryl methyl sites for hydroxylation is 2. The third kappa shape index (κ3) is 2.01. The SMILES string of the molecule is Cc1ccc(-c2nc(CCS)cs2)o1. The highest BCUT2D eigenvalue weighted by Crippen LogP contribution is 2.25. The molecule has 0 spiro atoms. The molecule has 0 aromatic carbocycles. The maximum atomic E-state index is 5.49. The van der Waals surface area contributed by atoms with Crippen molar-refractivity contribution in [2.45, 2.75) is 13.3 Å². The molecule has 0 unspecified atom stereocenters. The lowest BCUT2D eigenvalue weighted by atomic mass is 10.4. The van der Waals surface area contributed by atoms with Crippen LogP contribution in [0.3, 0.4) is 0 Å². The van der Waals surface area contributed by atoms with E-state index in [1.807, 2.05) is 19.1 Å². The summed E-state index contributed by atoms with van der Waals surface area (Å²) in [5.74, 6) is 2.62. The van der Waals surface area contributed by atoms with E-state index in [1.165, 1.54) is 0 Å². The minimum atomic E-state index is 0.834. The molecule has 0 amide bonds. The molecule has 0 fully saturated rings. The normalized spacial score (nSPS) is 10.7. The Bertz CT molecular complexity index is 419. The van der Waals surface area contributed by atoms with Gasteiger partial charge in [0.15, 0.2) is 10.8 Å². The number of hydrogen-bond acceptors (Lipinski definition) is 4. The summed E-state index contributed by atoms with van der Waals surface area (Å²) in [6.07, 6.45) is 0.916.